The second kappa shape index (κ2) is 5.77. The maximum Gasteiger partial charge on any atom is 0.132 e. The van der Waals surface area contributed by atoms with Crippen molar-refractivity contribution in [3.63, 3.8) is 0 Å². The number of benzene rings is 1. The Morgan fingerprint density at radius 3 is 2.73 bits per heavy atom. The van der Waals surface area contributed by atoms with Crippen LogP contribution < -0.4 is 5.23 Å². The van der Waals surface area contributed by atoms with Crippen molar-refractivity contribution < 1.29 is 5.21 Å². The highest BCUT2D eigenvalue weighted by Gasteiger charge is 2.20. The summed E-state index contributed by atoms with van der Waals surface area (Å²) in [5.74, 6) is -0.843. The highest BCUT2D eigenvalue weighted by atomic mass is 16.8. The summed E-state index contributed by atoms with van der Waals surface area (Å²) in [5, 5.41) is 30.6. The van der Waals surface area contributed by atoms with Crippen LogP contribution in [0, 0.1) is 16.5 Å². The molecule has 0 saturated carbocycles. The molecule has 1 atom stereocenters. The van der Waals surface area contributed by atoms with Crippen molar-refractivity contribution in [2.24, 2.45) is 0 Å². The lowest BCUT2D eigenvalue weighted by Gasteiger charge is -2.25. The Labute approximate surface area is 126 Å². The van der Waals surface area contributed by atoms with Gasteiger partial charge in [-0.25, -0.2) is 0 Å². The van der Waals surface area contributed by atoms with E-state index in [4.69, 9.17) is 0 Å². The number of nitrogens with zero attached hydrogens (tertiary/aromatic N) is 4. The van der Waals surface area contributed by atoms with Crippen LogP contribution in [0.1, 0.15) is 17.3 Å². The fourth-order valence-electron chi connectivity index (χ4n) is 2.30. The number of pyridine rings is 2. The predicted octanol–water partition coefficient (Wildman–Crippen LogP) is 2.98. The highest BCUT2D eigenvalue weighted by molar-refractivity contribution is 5.78. The van der Waals surface area contributed by atoms with E-state index in [0.717, 1.165) is 10.9 Å². The van der Waals surface area contributed by atoms with Crippen LogP contribution in [-0.4, -0.2) is 15.2 Å². The average Bonchev–Trinajstić information content (AvgIpc) is 2.56. The monoisotopic (exact) mass is 291 g/mol. The van der Waals surface area contributed by atoms with Gasteiger partial charge in [0.1, 0.15) is 5.92 Å². The first kappa shape index (κ1) is 13.9. The SMILES string of the molecule is N#CC(c1ccc2ccccc2n1)c1ncccc1N([O-])O. The second-order valence-electron chi connectivity index (χ2n) is 4.67. The van der Waals surface area contributed by atoms with E-state index in [9.17, 15) is 15.7 Å². The van der Waals surface area contributed by atoms with Crippen molar-refractivity contribution in [2.45, 2.75) is 5.92 Å². The minimum atomic E-state index is -0.843. The molecule has 1 N–H and O–H groups in total. The first-order chi connectivity index (χ1) is 10.7. The molecule has 22 heavy (non-hydrogen) atoms. The van der Waals surface area contributed by atoms with Crippen LogP contribution in [0.3, 0.4) is 0 Å². The molecule has 2 aromatic heterocycles. The van der Waals surface area contributed by atoms with E-state index < -0.39 is 5.92 Å². The van der Waals surface area contributed by atoms with Crippen LogP contribution in [0.15, 0.2) is 54.7 Å². The predicted molar refractivity (Wildman–Crippen MR) is 81.1 cm³/mol. The lowest BCUT2D eigenvalue weighted by Crippen LogP contribution is -2.14. The lowest BCUT2D eigenvalue weighted by atomic mass is 9.99. The number of aromatic nitrogens is 2. The second-order valence-corrected chi connectivity index (χ2v) is 4.67. The number of rotatable bonds is 3. The van der Waals surface area contributed by atoms with Gasteiger partial charge in [-0.15, -0.1) is 0 Å². The molecule has 108 valence electrons. The molecule has 0 bridgehead atoms. The summed E-state index contributed by atoms with van der Waals surface area (Å²) < 4.78 is 0. The smallest absolute Gasteiger partial charge is 0.132 e. The van der Waals surface area contributed by atoms with Gasteiger partial charge in [-0.2, -0.15) is 5.26 Å². The van der Waals surface area contributed by atoms with Gasteiger partial charge in [0.05, 0.1) is 28.7 Å². The molecular weight excluding hydrogens is 280 g/mol. The van der Waals surface area contributed by atoms with E-state index in [1.807, 2.05) is 30.3 Å². The van der Waals surface area contributed by atoms with E-state index in [1.165, 1.54) is 18.3 Å². The van der Waals surface area contributed by atoms with Gasteiger partial charge >= 0.3 is 0 Å². The van der Waals surface area contributed by atoms with Gasteiger partial charge in [-0.3, -0.25) is 15.2 Å². The van der Waals surface area contributed by atoms with E-state index in [1.54, 1.807) is 6.07 Å². The highest BCUT2D eigenvalue weighted by Crippen LogP contribution is 2.29. The minimum Gasteiger partial charge on any atom is -0.733 e. The van der Waals surface area contributed by atoms with Crippen LogP contribution in [0.5, 0.6) is 0 Å². The quantitative estimate of drug-likeness (QED) is 0.745. The molecule has 0 amide bonds. The summed E-state index contributed by atoms with van der Waals surface area (Å²) in [6, 6.07) is 16.1. The topological polar surface area (TPSA) is 96.1 Å². The van der Waals surface area contributed by atoms with Crippen LogP contribution in [0.2, 0.25) is 0 Å². The van der Waals surface area contributed by atoms with E-state index >= 15 is 0 Å². The third-order valence-electron chi connectivity index (χ3n) is 3.34. The van der Waals surface area contributed by atoms with Crippen molar-refractivity contribution in [1.82, 2.24) is 9.97 Å². The third kappa shape index (κ3) is 2.46. The molecule has 0 radical (unpaired) electrons. The normalized spacial score (nSPS) is 11.9. The standard InChI is InChI=1S/C16H11N4O2/c17-10-12(16-15(20(21)22)6-3-9-18-16)14-8-7-11-4-1-2-5-13(11)19-14/h1-9,12,21H/q-1. The zero-order valence-corrected chi connectivity index (χ0v) is 11.4. The summed E-state index contributed by atoms with van der Waals surface area (Å²) in [6.45, 7) is 0. The van der Waals surface area contributed by atoms with Gasteiger partial charge in [0.2, 0.25) is 0 Å². The molecule has 0 aliphatic heterocycles. The third-order valence-corrected chi connectivity index (χ3v) is 3.34. The summed E-state index contributed by atoms with van der Waals surface area (Å²) in [6.07, 6.45) is 1.47. The fraction of sp³-hybridized carbons (Fsp3) is 0.0625. The van der Waals surface area contributed by atoms with Crippen molar-refractivity contribution in [1.29, 1.82) is 5.26 Å². The zero-order valence-electron chi connectivity index (χ0n) is 11.4. The maximum atomic E-state index is 11.2. The van der Waals surface area contributed by atoms with E-state index in [2.05, 4.69) is 16.0 Å². The van der Waals surface area contributed by atoms with Gasteiger partial charge < -0.3 is 10.4 Å². The number of fused-ring (bicyclic) bond motifs is 1. The Morgan fingerprint density at radius 2 is 1.95 bits per heavy atom. The van der Waals surface area contributed by atoms with Crippen molar-refractivity contribution >= 4 is 16.6 Å². The number of nitriles is 1. The molecule has 1 aromatic carbocycles. The van der Waals surface area contributed by atoms with Crippen LogP contribution >= 0.6 is 0 Å². The van der Waals surface area contributed by atoms with Gasteiger partial charge in [0.25, 0.3) is 0 Å². The van der Waals surface area contributed by atoms with Gasteiger partial charge in [-0.05, 0) is 24.3 Å². The molecule has 6 nitrogen and oxygen atoms in total. The summed E-state index contributed by atoms with van der Waals surface area (Å²) >= 11 is 0. The van der Waals surface area contributed by atoms with E-state index in [-0.39, 0.29) is 16.6 Å². The Bertz CT molecular complexity index is 858. The van der Waals surface area contributed by atoms with Gasteiger partial charge in [0, 0.05) is 11.6 Å². The molecule has 0 aliphatic rings. The number of hydrogen-bond donors (Lipinski definition) is 1. The number of para-hydroxylation sites is 1. The molecule has 0 aliphatic carbocycles. The molecule has 2 heterocycles. The molecule has 3 rings (SSSR count). The average molecular weight is 291 g/mol. The Kier molecular flexibility index (Phi) is 3.66. The molecule has 6 heteroatoms. The Balaban J connectivity index is 2.13. The first-order valence-corrected chi connectivity index (χ1v) is 6.57. The zero-order chi connectivity index (χ0) is 15.5. The van der Waals surface area contributed by atoms with Crippen LogP contribution in [0.4, 0.5) is 5.69 Å². The molecule has 0 spiro atoms. The maximum absolute atomic E-state index is 11.2. The van der Waals surface area contributed by atoms with Crippen molar-refractivity contribution in [3.05, 3.63) is 71.3 Å². The molecular formula is C16H11N4O2-. The fourth-order valence-corrected chi connectivity index (χ4v) is 2.30. The van der Waals surface area contributed by atoms with Gasteiger partial charge in [0.15, 0.2) is 0 Å². The number of hydrogen-bond acceptors (Lipinski definition) is 6. The lowest BCUT2D eigenvalue weighted by molar-refractivity contribution is 0.295. The summed E-state index contributed by atoms with van der Waals surface area (Å²) in [7, 11) is 0. The molecule has 0 fully saturated rings. The van der Waals surface area contributed by atoms with Crippen molar-refractivity contribution in [3.8, 4) is 6.07 Å². The number of anilines is 1. The van der Waals surface area contributed by atoms with Crippen LogP contribution in [-0.2, 0) is 0 Å². The Hall–Kier alpha value is -3.01. The van der Waals surface area contributed by atoms with E-state index in [0.29, 0.717) is 5.69 Å². The first-order valence-electron chi connectivity index (χ1n) is 6.57. The summed E-state index contributed by atoms with van der Waals surface area (Å²) in [4.78, 5) is 8.52. The Morgan fingerprint density at radius 1 is 1.14 bits per heavy atom. The minimum absolute atomic E-state index is 0.0657. The molecule has 1 unspecified atom stereocenters. The molecule has 0 saturated heterocycles. The largest absolute Gasteiger partial charge is 0.733 e. The van der Waals surface area contributed by atoms with Gasteiger partial charge in [-0.1, -0.05) is 24.3 Å². The molecule has 3 aromatic rings. The van der Waals surface area contributed by atoms with Crippen molar-refractivity contribution in [2.75, 3.05) is 5.23 Å². The van der Waals surface area contributed by atoms with Crippen LogP contribution in [0.25, 0.3) is 10.9 Å². The summed E-state index contributed by atoms with van der Waals surface area (Å²) in [5.41, 5.74) is 1.33.